The Bertz CT molecular complexity index is 979. The molecular weight excluding hydrogens is 380 g/mol. The summed E-state index contributed by atoms with van der Waals surface area (Å²) >= 11 is 0. The van der Waals surface area contributed by atoms with Crippen LogP contribution in [-0.2, 0) is 0 Å². The van der Waals surface area contributed by atoms with Crippen molar-refractivity contribution >= 4 is 11.1 Å². The van der Waals surface area contributed by atoms with Crippen LogP contribution in [-0.4, -0.2) is 16.8 Å². The van der Waals surface area contributed by atoms with E-state index in [9.17, 15) is 10.2 Å². The Morgan fingerprint density at radius 3 is 1.94 bits per heavy atom. The summed E-state index contributed by atoms with van der Waals surface area (Å²) in [4.78, 5) is 0. The maximum atomic E-state index is 9.84. The largest absolute Gasteiger partial charge is 0.508 e. The van der Waals surface area contributed by atoms with Crippen LogP contribution < -0.4 is 0 Å². The van der Waals surface area contributed by atoms with Gasteiger partial charge < -0.3 is 10.2 Å². The van der Waals surface area contributed by atoms with Crippen molar-refractivity contribution in [2.24, 2.45) is 0 Å². The third-order valence-corrected chi connectivity index (χ3v) is 6.44. The van der Waals surface area contributed by atoms with E-state index in [-0.39, 0.29) is 12.4 Å². The molecule has 3 aromatic rings. The summed E-state index contributed by atoms with van der Waals surface area (Å²) < 4.78 is 0. The lowest BCUT2D eigenvalue weighted by atomic mass is 9.82. The minimum absolute atomic E-state index is 0.166. The van der Waals surface area contributed by atoms with Gasteiger partial charge in [0, 0.05) is 6.61 Å². The molecular formula is C29H32O2. The van der Waals surface area contributed by atoms with E-state index >= 15 is 0 Å². The Kier molecular flexibility index (Phi) is 7.22. The molecule has 0 unspecified atom stereocenters. The number of benzene rings is 3. The molecule has 1 saturated carbocycles. The molecule has 1 aliphatic carbocycles. The highest BCUT2D eigenvalue weighted by molar-refractivity contribution is 5.98. The van der Waals surface area contributed by atoms with Crippen molar-refractivity contribution in [2.45, 2.75) is 50.9 Å². The number of rotatable bonds is 7. The van der Waals surface area contributed by atoms with E-state index < -0.39 is 0 Å². The Morgan fingerprint density at radius 1 is 0.710 bits per heavy atom. The predicted molar refractivity (Wildman–Crippen MR) is 129 cm³/mol. The van der Waals surface area contributed by atoms with Crippen LogP contribution in [0.2, 0.25) is 0 Å². The van der Waals surface area contributed by atoms with Gasteiger partial charge >= 0.3 is 0 Å². The van der Waals surface area contributed by atoms with Crippen LogP contribution in [0.3, 0.4) is 0 Å². The third-order valence-electron chi connectivity index (χ3n) is 6.44. The zero-order valence-corrected chi connectivity index (χ0v) is 18.1. The molecule has 3 aromatic carbocycles. The first-order valence-corrected chi connectivity index (χ1v) is 11.6. The lowest BCUT2D eigenvalue weighted by molar-refractivity contribution is 0.290. The van der Waals surface area contributed by atoms with E-state index in [4.69, 9.17) is 0 Å². The van der Waals surface area contributed by atoms with Gasteiger partial charge in [-0.3, -0.25) is 0 Å². The van der Waals surface area contributed by atoms with Crippen molar-refractivity contribution < 1.29 is 10.2 Å². The van der Waals surface area contributed by atoms with Gasteiger partial charge in [0.15, 0.2) is 0 Å². The summed E-state index contributed by atoms with van der Waals surface area (Å²) in [7, 11) is 0. The minimum Gasteiger partial charge on any atom is -0.508 e. The van der Waals surface area contributed by atoms with E-state index in [1.54, 1.807) is 12.1 Å². The number of aliphatic hydroxyl groups excluding tert-OH is 1. The summed E-state index contributed by atoms with van der Waals surface area (Å²) in [5.41, 5.74) is 7.29. The number of hydrogen-bond donors (Lipinski definition) is 2. The van der Waals surface area contributed by atoms with Crippen LogP contribution in [0, 0.1) is 0 Å². The Hall–Kier alpha value is -2.84. The molecule has 0 atom stereocenters. The predicted octanol–water partition coefficient (Wildman–Crippen LogP) is 7.17. The topological polar surface area (TPSA) is 40.5 Å². The summed E-state index contributed by atoms with van der Waals surface area (Å²) in [6.45, 7) is 0.166. The maximum absolute atomic E-state index is 9.84. The second kappa shape index (κ2) is 10.5. The highest BCUT2D eigenvalue weighted by atomic mass is 16.3. The van der Waals surface area contributed by atoms with Crippen molar-refractivity contribution in [1.82, 2.24) is 0 Å². The van der Waals surface area contributed by atoms with E-state index in [1.807, 2.05) is 18.2 Å². The quantitative estimate of drug-likeness (QED) is 0.404. The molecule has 0 amide bonds. The van der Waals surface area contributed by atoms with Crippen LogP contribution in [0.4, 0.5) is 0 Å². The second-order valence-corrected chi connectivity index (χ2v) is 8.55. The molecule has 0 heterocycles. The fourth-order valence-electron chi connectivity index (χ4n) is 4.81. The van der Waals surface area contributed by atoms with Gasteiger partial charge in [0.1, 0.15) is 5.75 Å². The summed E-state index contributed by atoms with van der Waals surface area (Å²) in [6, 6.07) is 27.1. The molecule has 4 rings (SSSR count). The van der Waals surface area contributed by atoms with Crippen molar-refractivity contribution in [3.05, 3.63) is 101 Å². The summed E-state index contributed by atoms with van der Waals surface area (Å²) in [6.07, 6.45) is 8.15. The number of allylic oxidation sites excluding steroid dienone is 1. The average molecular weight is 413 g/mol. The molecule has 2 N–H and O–H groups in total. The standard InChI is InChI=1S/C29H32O2/c30-21-7-12-28(24-10-5-2-6-11-24)29(26-17-19-27(31)20-18-26)25-15-13-23(14-16-25)22-8-3-1-4-9-22/h2,5-6,10-11,13-20,22,30-31H,1,3-4,7-9,12,21H2/b29-28+. The lowest BCUT2D eigenvalue weighted by Gasteiger charge is -2.23. The van der Waals surface area contributed by atoms with E-state index in [0.29, 0.717) is 12.3 Å². The molecule has 1 aliphatic rings. The minimum atomic E-state index is 0.166. The van der Waals surface area contributed by atoms with E-state index in [1.165, 1.54) is 59.9 Å². The van der Waals surface area contributed by atoms with Gasteiger partial charge in [-0.2, -0.15) is 0 Å². The summed E-state index contributed by atoms with van der Waals surface area (Å²) in [5.74, 6) is 0.958. The zero-order chi connectivity index (χ0) is 21.5. The Balaban J connectivity index is 1.81. The maximum Gasteiger partial charge on any atom is 0.115 e. The first kappa shape index (κ1) is 21.4. The van der Waals surface area contributed by atoms with Crippen LogP contribution in [0.5, 0.6) is 5.75 Å². The van der Waals surface area contributed by atoms with Gasteiger partial charge in [-0.15, -0.1) is 0 Å². The van der Waals surface area contributed by atoms with E-state index in [2.05, 4.69) is 48.5 Å². The monoisotopic (exact) mass is 412 g/mol. The summed E-state index contributed by atoms with van der Waals surface area (Å²) in [5, 5.41) is 19.4. The SMILES string of the molecule is OCCC/C(=C(\c1ccc(O)cc1)c1ccc(C2CCCCC2)cc1)c1ccccc1. The molecule has 0 aliphatic heterocycles. The smallest absolute Gasteiger partial charge is 0.115 e. The lowest BCUT2D eigenvalue weighted by Crippen LogP contribution is -2.04. The number of phenols is 1. The molecule has 160 valence electrons. The first-order chi connectivity index (χ1) is 15.3. The van der Waals surface area contributed by atoms with Gasteiger partial charge in [-0.05, 0) is 77.1 Å². The van der Waals surface area contributed by atoms with Crippen LogP contribution in [0.25, 0.3) is 11.1 Å². The first-order valence-electron chi connectivity index (χ1n) is 11.6. The van der Waals surface area contributed by atoms with Crippen molar-refractivity contribution in [3.8, 4) is 5.75 Å². The Labute approximate surface area is 185 Å². The highest BCUT2D eigenvalue weighted by Crippen LogP contribution is 2.37. The van der Waals surface area contributed by atoms with Crippen molar-refractivity contribution in [3.63, 3.8) is 0 Å². The molecule has 0 radical (unpaired) electrons. The number of hydrogen-bond acceptors (Lipinski definition) is 2. The number of aliphatic hydroxyl groups is 1. The molecule has 2 heteroatoms. The molecule has 2 nitrogen and oxygen atoms in total. The van der Waals surface area contributed by atoms with Crippen LogP contribution >= 0.6 is 0 Å². The van der Waals surface area contributed by atoms with Crippen LogP contribution in [0.15, 0.2) is 78.9 Å². The molecule has 0 saturated heterocycles. The van der Waals surface area contributed by atoms with Gasteiger partial charge in [-0.25, -0.2) is 0 Å². The van der Waals surface area contributed by atoms with Crippen molar-refractivity contribution in [2.75, 3.05) is 6.61 Å². The highest BCUT2D eigenvalue weighted by Gasteiger charge is 2.17. The number of phenolic OH excluding ortho intramolecular Hbond substituents is 1. The average Bonchev–Trinajstić information content (AvgIpc) is 2.84. The fourth-order valence-corrected chi connectivity index (χ4v) is 4.81. The van der Waals surface area contributed by atoms with Crippen molar-refractivity contribution in [1.29, 1.82) is 0 Å². The molecule has 0 bridgehead atoms. The number of aromatic hydroxyl groups is 1. The molecule has 0 aromatic heterocycles. The Morgan fingerprint density at radius 2 is 1.32 bits per heavy atom. The normalized spacial score (nSPS) is 15.5. The van der Waals surface area contributed by atoms with Gasteiger partial charge in [-0.1, -0.05) is 86.0 Å². The zero-order valence-electron chi connectivity index (χ0n) is 18.1. The van der Waals surface area contributed by atoms with Gasteiger partial charge in [0.25, 0.3) is 0 Å². The molecule has 1 fully saturated rings. The van der Waals surface area contributed by atoms with Gasteiger partial charge in [0.2, 0.25) is 0 Å². The van der Waals surface area contributed by atoms with E-state index in [0.717, 1.165) is 12.0 Å². The van der Waals surface area contributed by atoms with Gasteiger partial charge in [0.05, 0.1) is 0 Å². The van der Waals surface area contributed by atoms with Crippen LogP contribution in [0.1, 0.15) is 73.1 Å². The second-order valence-electron chi connectivity index (χ2n) is 8.55. The fraction of sp³-hybridized carbons (Fsp3) is 0.310. The molecule has 0 spiro atoms. The third kappa shape index (κ3) is 5.26. The molecule has 31 heavy (non-hydrogen) atoms.